The summed E-state index contributed by atoms with van der Waals surface area (Å²) in [6, 6.07) is 14.1. The van der Waals surface area contributed by atoms with Gasteiger partial charge in [0.05, 0.1) is 7.11 Å². The Bertz CT molecular complexity index is 578. The van der Waals surface area contributed by atoms with Crippen LogP contribution in [0.5, 0.6) is 11.5 Å². The number of benzene rings is 2. The number of aromatic hydroxyl groups is 1. The molecule has 1 unspecified atom stereocenters. The Morgan fingerprint density at radius 2 is 1.86 bits per heavy atom. The second-order valence-electron chi connectivity index (χ2n) is 5.24. The summed E-state index contributed by atoms with van der Waals surface area (Å²) in [6.07, 6.45) is 2.28. The van der Waals surface area contributed by atoms with E-state index in [-0.39, 0.29) is 11.8 Å². The van der Waals surface area contributed by atoms with Gasteiger partial charge < -0.3 is 15.2 Å². The van der Waals surface area contributed by atoms with Crippen molar-refractivity contribution < 1.29 is 9.84 Å². The summed E-state index contributed by atoms with van der Waals surface area (Å²) in [4.78, 5) is 0. The van der Waals surface area contributed by atoms with E-state index in [9.17, 15) is 5.11 Å². The van der Waals surface area contributed by atoms with Crippen molar-refractivity contribution in [2.45, 2.75) is 32.7 Å². The molecule has 0 amide bonds. The van der Waals surface area contributed by atoms with Gasteiger partial charge >= 0.3 is 0 Å². The zero-order valence-electron chi connectivity index (χ0n) is 12.9. The lowest BCUT2D eigenvalue weighted by Gasteiger charge is -2.17. The highest BCUT2D eigenvalue weighted by molar-refractivity contribution is 5.49. The number of phenols is 1. The molecular weight excluding hydrogens is 262 g/mol. The number of rotatable bonds is 6. The van der Waals surface area contributed by atoms with Crippen LogP contribution >= 0.6 is 0 Å². The molecule has 3 nitrogen and oxygen atoms in total. The Balaban J connectivity index is 2.08. The average Bonchev–Trinajstić information content (AvgIpc) is 2.50. The van der Waals surface area contributed by atoms with E-state index in [1.54, 1.807) is 13.2 Å². The summed E-state index contributed by atoms with van der Waals surface area (Å²) >= 11 is 0. The Morgan fingerprint density at radius 1 is 1.14 bits per heavy atom. The molecule has 0 aromatic heterocycles. The van der Waals surface area contributed by atoms with Gasteiger partial charge in [0.25, 0.3) is 0 Å². The lowest BCUT2D eigenvalue weighted by molar-refractivity contribution is 0.373. The third-order valence-electron chi connectivity index (χ3n) is 3.58. The first kappa shape index (κ1) is 15.2. The van der Waals surface area contributed by atoms with E-state index >= 15 is 0 Å². The number of phenolic OH excluding ortho intramolecular Hbond substituents is 1. The summed E-state index contributed by atoms with van der Waals surface area (Å²) < 4.78 is 5.15. The normalized spacial score (nSPS) is 12.0. The Morgan fingerprint density at radius 3 is 2.48 bits per heavy atom. The van der Waals surface area contributed by atoms with E-state index in [0.717, 1.165) is 24.1 Å². The molecule has 112 valence electrons. The zero-order chi connectivity index (χ0) is 15.2. The molecule has 1 atom stereocenters. The third-order valence-corrected chi connectivity index (χ3v) is 3.58. The van der Waals surface area contributed by atoms with Gasteiger partial charge in [-0.3, -0.25) is 0 Å². The summed E-state index contributed by atoms with van der Waals surface area (Å²) in [5.74, 6) is 0.664. The lowest BCUT2D eigenvalue weighted by atomic mass is 10.1. The van der Waals surface area contributed by atoms with E-state index in [0.29, 0.717) is 5.75 Å². The molecule has 0 heterocycles. The maximum atomic E-state index is 9.64. The van der Waals surface area contributed by atoms with Crippen molar-refractivity contribution >= 4 is 5.69 Å². The first-order valence-electron chi connectivity index (χ1n) is 7.36. The molecule has 0 bridgehead atoms. The van der Waals surface area contributed by atoms with Gasteiger partial charge in [0.2, 0.25) is 0 Å². The molecule has 21 heavy (non-hydrogen) atoms. The maximum Gasteiger partial charge on any atom is 0.160 e. The molecule has 2 N–H and O–H groups in total. The molecule has 0 radical (unpaired) electrons. The second-order valence-corrected chi connectivity index (χ2v) is 5.24. The summed E-state index contributed by atoms with van der Waals surface area (Å²) in [6.45, 7) is 4.28. The minimum atomic E-state index is 0.136. The van der Waals surface area contributed by atoms with Crippen LogP contribution < -0.4 is 10.1 Å². The van der Waals surface area contributed by atoms with Crippen LogP contribution in [0.3, 0.4) is 0 Å². The number of nitrogens with one attached hydrogen (secondary N) is 1. The number of anilines is 1. The van der Waals surface area contributed by atoms with Crippen molar-refractivity contribution in [1.29, 1.82) is 0 Å². The van der Waals surface area contributed by atoms with E-state index in [1.165, 1.54) is 5.56 Å². The Kier molecular flexibility index (Phi) is 5.09. The van der Waals surface area contributed by atoms with E-state index < -0.39 is 0 Å². The second kappa shape index (κ2) is 7.02. The van der Waals surface area contributed by atoms with Crippen molar-refractivity contribution in [3.05, 3.63) is 53.6 Å². The van der Waals surface area contributed by atoms with E-state index in [4.69, 9.17) is 4.74 Å². The van der Waals surface area contributed by atoms with Gasteiger partial charge in [-0.1, -0.05) is 31.5 Å². The topological polar surface area (TPSA) is 41.5 Å². The van der Waals surface area contributed by atoms with Crippen molar-refractivity contribution in [2.75, 3.05) is 12.4 Å². The van der Waals surface area contributed by atoms with Crippen LogP contribution in [0.1, 0.15) is 37.4 Å². The number of ether oxygens (including phenoxy) is 1. The minimum Gasteiger partial charge on any atom is -0.504 e. The quantitative estimate of drug-likeness (QED) is 0.819. The van der Waals surface area contributed by atoms with Gasteiger partial charge in [0.1, 0.15) is 0 Å². The molecule has 0 spiro atoms. The fraction of sp³-hybridized carbons (Fsp3) is 0.333. The number of aryl methyl sites for hydroxylation is 1. The summed E-state index contributed by atoms with van der Waals surface area (Å²) in [5, 5.41) is 13.1. The van der Waals surface area contributed by atoms with E-state index in [2.05, 4.69) is 43.4 Å². The lowest BCUT2D eigenvalue weighted by Crippen LogP contribution is -2.06. The van der Waals surface area contributed by atoms with Crippen LogP contribution in [0, 0.1) is 0 Å². The van der Waals surface area contributed by atoms with Crippen molar-refractivity contribution in [3.63, 3.8) is 0 Å². The highest BCUT2D eigenvalue weighted by Gasteiger charge is 2.09. The smallest absolute Gasteiger partial charge is 0.160 e. The Hall–Kier alpha value is -2.16. The first-order chi connectivity index (χ1) is 10.1. The predicted octanol–water partition coefficient (Wildman–Crippen LogP) is 4.53. The maximum absolute atomic E-state index is 9.64. The molecular formula is C18H23NO2. The fourth-order valence-electron chi connectivity index (χ4n) is 2.35. The molecule has 0 saturated heterocycles. The molecule has 0 saturated carbocycles. The first-order valence-corrected chi connectivity index (χ1v) is 7.36. The average molecular weight is 285 g/mol. The van der Waals surface area contributed by atoms with Gasteiger partial charge in [0.15, 0.2) is 11.5 Å². The molecule has 0 aliphatic carbocycles. The number of methoxy groups -OCH3 is 1. The van der Waals surface area contributed by atoms with Crippen molar-refractivity contribution in [2.24, 2.45) is 0 Å². The summed E-state index contributed by atoms with van der Waals surface area (Å²) in [5.41, 5.74) is 3.53. The van der Waals surface area contributed by atoms with Gasteiger partial charge in [-0.2, -0.15) is 0 Å². The SMILES string of the molecule is CCCc1ccc(NC(C)c2ccc(O)c(OC)c2)cc1. The molecule has 3 heteroatoms. The van der Waals surface area contributed by atoms with Crippen molar-refractivity contribution in [3.8, 4) is 11.5 Å². The monoisotopic (exact) mass is 285 g/mol. The highest BCUT2D eigenvalue weighted by atomic mass is 16.5. The molecule has 0 fully saturated rings. The van der Waals surface area contributed by atoms with Crippen LogP contribution in [-0.2, 0) is 6.42 Å². The number of hydrogen-bond donors (Lipinski definition) is 2. The van der Waals surface area contributed by atoms with Crippen LogP contribution in [0.15, 0.2) is 42.5 Å². The van der Waals surface area contributed by atoms with Gasteiger partial charge in [-0.05, 0) is 48.7 Å². The minimum absolute atomic E-state index is 0.136. The van der Waals surface area contributed by atoms with E-state index in [1.807, 2.05) is 12.1 Å². The van der Waals surface area contributed by atoms with Crippen LogP contribution in [0.2, 0.25) is 0 Å². The Labute approximate surface area is 126 Å². The third kappa shape index (κ3) is 3.91. The highest BCUT2D eigenvalue weighted by Crippen LogP contribution is 2.30. The van der Waals surface area contributed by atoms with Gasteiger partial charge in [-0.15, -0.1) is 0 Å². The molecule has 0 aliphatic rings. The number of hydrogen-bond acceptors (Lipinski definition) is 3. The summed E-state index contributed by atoms with van der Waals surface area (Å²) in [7, 11) is 1.56. The standard InChI is InChI=1S/C18H23NO2/c1-4-5-14-6-9-16(10-7-14)19-13(2)15-8-11-17(20)18(12-15)21-3/h6-13,19-20H,4-5H2,1-3H3. The zero-order valence-corrected chi connectivity index (χ0v) is 12.9. The molecule has 0 aliphatic heterocycles. The largest absolute Gasteiger partial charge is 0.504 e. The van der Waals surface area contributed by atoms with Gasteiger partial charge in [0, 0.05) is 11.7 Å². The molecule has 2 aromatic carbocycles. The fourth-order valence-corrected chi connectivity index (χ4v) is 2.35. The van der Waals surface area contributed by atoms with Crippen LogP contribution in [-0.4, -0.2) is 12.2 Å². The van der Waals surface area contributed by atoms with Crippen LogP contribution in [0.4, 0.5) is 5.69 Å². The van der Waals surface area contributed by atoms with Crippen LogP contribution in [0.25, 0.3) is 0 Å². The van der Waals surface area contributed by atoms with Gasteiger partial charge in [-0.25, -0.2) is 0 Å². The van der Waals surface area contributed by atoms with Crippen molar-refractivity contribution in [1.82, 2.24) is 0 Å². The predicted molar refractivity (Wildman–Crippen MR) is 87.1 cm³/mol. The molecule has 2 aromatic rings. The molecule has 2 rings (SSSR count).